The van der Waals surface area contributed by atoms with Crippen LogP contribution in [0.3, 0.4) is 0 Å². The number of ether oxygens (including phenoxy) is 2. The van der Waals surface area contributed by atoms with Gasteiger partial charge >= 0.3 is 5.97 Å². The quantitative estimate of drug-likeness (QED) is 0.858. The molecular weight excluding hydrogens is 342 g/mol. The third kappa shape index (κ3) is 3.63. The number of rotatable bonds is 5. The maximum atomic E-state index is 10.8. The number of aromatic hydroxyl groups is 1. The van der Waals surface area contributed by atoms with Crippen molar-refractivity contribution < 1.29 is 24.5 Å². The first-order valence-corrected chi connectivity index (χ1v) is 6.69. The summed E-state index contributed by atoms with van der Waals surface area (Å²) >= 11 is 3.34. The van der Waals surface area contributed by atoms with E-state index in [1.165, 1.54) is 19.2 Å². The first-order chi connectivity index (χ1) is 10.0. The van der Waals surface area contributed by atoms with E-state index >= 15 is 0 Å². The number of halogens is 1. The molecule has 2 N–H and O–H groups in total. The zero-order chi connectivity index (χ0) is 15.4. The third-order valence-electron chi connectivity index (χ3n) is 2.67. The second-order valence-electron chi connectivity index (χ2n) is 4.06. The molecule has 1 aromatic carbocycles. The van der Waals surface area contributed by atoms with E-state index in [4.69, 9.17) is 14.6 Å². The van der Waals surface area contributed by atoms with E-state index in [-0.39, 0.29) is 23.7 Å². The minimum Gasteiger partial charge on any atom is -0.504 e. The number of hydrogen-bond donors (Lipinski definition) is 2. The molecule has 21 heavy (non-hydrogen) atoms. The lowest BCUT2D eigenvalue weighted by atomic mass is 10.2. The number of nitrogens with zero attached hydrogens (tertiary/aromatic N) is 1. The van der Waals surface area contributed by atoms with Crippen LogP contribution in [0.1, 0.15) is 16.1 Å². The van der Waals surface area contributed by atoms with Crippen LogP contribution >= 0.6 is 15.9 Å². The number of phenols is 1. The van der Waals surface area contributed by atoms with E-state index in [2.05, 4.69) is 20.9 Å². The van der Waals surface area contributed by atoms with Crippen molar-refractivity contribution in [3.8, 4) is 17.4 Å². The van der Waals surface area contributed by atoms with Crippen molar-refractivity contribution in [2.45, 2.75) is 6.61 Å². The van der Waals surface area contributed by atoms with Crippen molar-refractivity contribution in [1.29, 1.82) is 0 Å². The second kappa shape index (κ2) is 6.45. The number of carboxylic acid groups (broad SMARTS) is 1. The Hall–Kier alpha value is -2.28. The lowest BCUT2D eigenvalue weighted by molar-refractivity contribution is 0.0696. The molecule has 0 saturated heterocycles. The van der Waals surface area contributed by atoms with Crippen LogP contribution in [0.2, 0.25) is 0 Å². The molecule has 7 heteroatoms. The first-order valence-electron chi connectivity index (χ1n) is 5.89. The van der Waals surface area contributed by atoms with Crippen molar-refractivity contribution in [3.63, 3.8) is 0 Å². The highest BCUT2D eigenvalue weighted by atomic mass is 79.9. The predicted octanol–water partition coefficient (Wildman–Crippen LogP) is 2.84. The Morgan fingerprint density at radius 2 is 2.10 bits per heavy atom. The highest BCUT2D eigenvalue weighted by Gasteiger charge is 2.10. The standard InChI is InChI=1S/C14H12BrNO5/c1-20-13-5-3-9(15)10(16-13)7-21-12-4-2-8(14(18)19)6-11(12)17/h2-6,17H,7H2,1H3,(H,18,19). The van der Waals surface area contributed by atoms with Crippen molar-refractivity contribution >= 4 is 21.9 Å². The summed E-state index contributed by atoms with van der Waals surface area (Å²) in [4.78, 5) is 15.0. The van der Waals surface area contributed by atoms with Gasteiger partial charge in [-0.05, 0) is 40.2 Å². The predicted molar refractivity (Wildman–Crippen MR) is 77.9 cm³/mol. The molecule has 0 saturated carbocycles. The van der Waals surface area contributed by atoms with Gasteiger partial charge in [0.2, 0.25) is 5.88 Å². The van der Waals surface area contributed by atoms with Crippen LogP contribution in [-0.4, -0.2) is 28.3 Å². The summed E-state index contributed by atoms with van der Waals surface area (Å²) < 4.78 is 11.2. The van der Waals surface area contributed by atoms with E-state index in [0.717, 1.165) is 10.5 Å². The van der Waals surface area contributed by atoms with Gasteiger partial charge < -0.3 is 19.7 Å². The molecule has 0 radical (unpaired) electrons. The molecule has 2 rings (SSSR count). The second-order valence-corrected chi connectivity index (χ2v) is 4.91. The van der Waals surface area contributed by atoms with Crippen LogP contribution in [0.5, 0.6) is 17.4 Å². The summed E-state index contributed by atoms with van der Waals surface area (Å²) in [5.41, 5.74) is 0.580. The van der Waals surface area contributed by atoms with Crippen molar-refractivity contribution in [3.05, 3.63) is 46.1 Å². The molecule has 0 aliphatic carbocycles. The highest BCUT2D eigenvalue weighted by Crippen LogP contribution is 2.28. The van der Waals surface area contributed by atoms with E-state index in [1.54, 1.807) is 12.1 Å². The van der Waals surface area contributed by atoms with Gasteiger partial charge in [-0.2, -0.15) is 0 Å². The molecule has 0 aliphatic rings. The summed E-state index contributed by atoms with van der Waals surface area (Å²) in [7, 11) is 1.51. The number of benzene rings is 1. The van der Waals surface area contributed by atoms with Crippen LogP contribution in [0, 0.1) is 0 Å². The fourth-order valence-corrected chi connectivity index (χ4v) is 1.93. The van der Waals surface area contributed by atoms with Gasteiger partial charge in [0.1, 0.15) is 6.61 Å². The number of aromatic carboxylic acids is 1. The van der Waals surface area contributed by atoms with E-state index in [1.807, 2.05) is 0 Å². The van der Waals surface area contributed by atoms with Gasteiger partial charge in [-0.1, -0.05) is 0 Å². The van der Waals surface area contributed by atoms with Crippen molar-refractivity contribution in [2.24, 2.45) is 0 Å². The molecular formula is C14H12BrNO5. The number of phenolic OH excluding ortho intramolecular Hbond substituents is 1. The number of carboxylic acids is 1. The normalized spacial score (nSPS) is 10.2. The minimum atomic E-state index is -1.12. The number of carbonyl (C=O) groups is 1. The molecule has 6 nitrogen and oxygen atoms in total. The number of methoxy groups -OCH3 is 1. The summed E-state index contributed by atoms with van der Waals surface area (Å²) in [6.07, 6.45) is 0. The molecule has 0 fully saturated rings. The lowest BCUT2D eigenvalue weighted by Gasteiger charge is -2.10. The van der Waals surface area contributed by atoms with E-state index in [0.29, 0.717) is 11.6 Å². The average Bonchev–Trinajstić information content (AvgIpc) is 2.47. The summed E-state index contributed by atoms with van der Waals surface area (Å²) in [6, 6.07) is 7.36. The Bertz CT molecular complexity index is 674. The van der Waals surface area contributed by atoms with Crippen molar-refractivity contribution in [1.82, 2.24) is 4.98 Å². The van der Waals surface area contributed by atoms with Gasteiger partial charge in [-0.25, -0.2) is 9.78 Å². The Kier molecular flexibility index (Phi) is 4.64. The molecule has 0 unspecified atom stereocenters. The Labute approximate surface area is 129 Å². The van der Waals surface area contributed by atoms with Gasteiger partial charge in [0.15, 0.2) is 11.5 Å². The monoisotopic (exact) mass is 353 g/mol. The zero-order valence-electron chi connectivity index (χ0n) is 11.0. The fraction of sp³-hybridized carbons (Fsp3) is 0.143. The highest BCUT2D eigenvalue weighted by molar-refractivity contribution is 9.10. The average molecular weight is 354 g/mol. The smallest absolute Gasteiger partial charge is 0.335 e. The molecule has 110 valence electrons. The zero-order valence-corrected chi connectivity index (χ0v) is 12.6. The SMILES string of the molecule is COc1ccc(Br)c(COc2ccc(C(=O)O)cc2O)n1. The number of hydrogen-bond acceptors (Lipinski definition) is 5. The van der Waals surface area contributed by atoms with Crippen LogP contribution in [-0.2, 0) is 6.61 Å². The Morgan fingerprint density at radius 1 is 1.33 bits per heavy atom. The Morgan fingerprint density at radius 3 is 2.71 bits per heavy atom. The molecule has 0 spiro atoms. The van der Waals surface area contributed by atoms with Gasteiger partial charge in [0, 0.05) is 10.5 Å². The van der Waals surface area contributed by atoms with Crippen LogP contribution in [0.4, 0.5) is 0 Å². The van der Waals surface area contributed by atoms with E-state index in [9.17, 15) is 9.90 Å². The van der Waals surface area contributed by atoms with Gasteiger partial charge in [0.25, 0.3) is 0 Å². The van der Waals surface area contributed by atoms with Gasteiger partial charge in [-0.15, -0.1) is 0 Å². The fourth-order valence-electron chi connectivity index (χ4n) is 1.60. The van der Waals surface area contributed by atoms with Gasteiger partial charge in [-0.3, -0.25) is 0 Å². The molecule has 0 amide bonds. The molecule has 2 aromatic rings. The third-order valence-corrected chi connectivity index (χ3v) is 3.39. The maximum absolute atomic E-state index is 10.8. The number of aromatic nitrogens is 1. The number of pyridine rings is 1. The minimum absolute atomic E-state index is 0.0134. The molecule has 0 aliphatic heterocycles. The Balaban J connectivity index is 2.15. The van der Waals surface area contributed by atoms with E-state index < -0.39 is 5.97 Å². The first kappa shape index (κ1) is 15.1. The van der Waals surface area contributed by atoms with Crippen LogP contribution in [0.25, 0.3) is 0 Å². The lowest BCUT2D eigenvalue weighted by Crippen LogP contribution is -2.02. The summed E-state index contributed by atoms with van der Waals surface area (Å²) in [5, 5.41) is 18.6. The van der Waals surface area contributed by atoms with Crippen LogP contribution < -0.4 is 9.47 Å². The topological polar surface area (TPSA) is 88.9 Å². The largest absolute Gasteiger partial charge is 0.504 e. The maximum Gasteiger partial charge on any atom is 0.335 e. The molecule has 0 bridgehead atoms. The summed E-state index contributed by atoms with van der Waals surface area (Å²) in [6.45, 7) is 0.0950. The van der Waals surface area contributed by atoms with Gasteiger partial charge in [0.05, 0.1) is 18.4 Å². The van der Waals surface area contributed by atoms with Crippen LogP contribution in [0.15, 0.2) is 34.8 Å². The summed E-state index contributed by atoms with van der Waals surface area (Å²) in [5.74, 6) is -0.734. The molecule has 0 atom stereocenters. The molecule has 1 heterocycles. The molecule has 1 aromatic heterocycles. The van der Waals surface area contributed by atoms with Crippen molar-refractivity contribution in [2.75, 3.05) is 7.11 Å².